The first-order valence-corrected chi connectivity index (χ1v) is 43.0. The van der Waals surface area contributed by atoms with E-state index in [0.29, 0.717) is 33.8 Å². The van der Waals surface area contributed by atoms with Crippen molar-refractivity contribution in [3.05, 3.63) is 227 Å². The molecule has 24 nitrogen and oxygen atoms in total. The Hall–Kier alpha value is -10.8. The average molecular weight is 1860 g/mol. The Balaban J connectivity index is 0.000000111. The number of ether oxygens (including phenoxy) is 7. The van der Waals surface area contributed by atoms with Gasteiger partial charge in [0.05, 0.1) is 131 Å². The molecule has 7 aliphatic rings. The van der Waals surface area contributed by atoms with Crippen LogP contribution in [0.25, 0.3) is 51.4 Å². The number of aromatic nitrogens is 6. The molecule has 13 heterocycles. The predicted molar refractivity (Wildman–Crippen MR) is 481 cm³/mol. The lowest BCUT2D eigenvalue weighted by molar-refractivity contribution is -0.115. The monoisotopic (exact) mass is 1850 g/mol. The second-order valence-electron chi connectivity index (χ2n) is 26.1. The zero-order valence-electron chi connectivity index (χ0n) is 62.1. The first-order chi connectivity index (χ1) is 56.3. The van der Waals surface area contributed by atoms with Crippen LogP contribution < -0.4 is 76.9 Å². The molecule has 0 spiro atoms. The molecule has 0 saturated heterocycles. The number of thiocarbonyl (C=S) groups is 2. The summed E-state index contributed by atoms with van der Waals surface area (Å²) in [5.41, 5.74) is 38.7. The van der Waals surface area contributed by atoms with Gasteiger partial charge in [0.1, 0.15) is 45.3 Å². The number of nitrogens with one attached hydrogen (secondary N) is 5. The number of benzene rings is 8. The molecule has 6 aromatic heterocycles. The van der Waals surface area contributed by atoms with Gasteiger partial charge in [-0.15, -0.1) is 34.0 Å². The fourth-order valence-corrected chi connectivity index (χ4v) is 18.7. The summed E-state index contributed by atoms with van der Waals surface area (Å²) in [6, 6.07) is 42.3. The number of hydrogen-bond acceptors (Lipinski definition) is 24. The van der Waals surface area contributed by atoms with E-state index in [0.717, 1.165) is 208 Å². The highest BCUT2D eigenvalue weighted by atomic mass is 79.9. The van der Waals surface area contributed by atoms with Crippen molar-refractivity contribution in [3.8, 4) is 50.8 Å². The third-order valence-corrected chi connectivity index (χ3v) is 23.7. The number of nitrogens with zero attached hydrogens (tertiary/aromatic N) is 6. The molecule has 592 valence electrons. The highest BCUT2D eigenvalue weighted by Gasteiger charge is 2.25. The van der Waals surface area contributed by atoms with E-state index >= 15 is 0 Å². The SMILES string of the molecule is Brc1cc2scnc2c2c1OCC2.CC(=O)Nc1cncc(-c2nc3c4c(ccc3s2)OCC4)c1.CC(=O)Nc1cncc(Br)c1.NC(=S)Nc1cccc2c1CCO2.Nc1cccc2c1CCO2.Nc1nc2c3c(c(Br)cc2s1)OCC3.O=C(NC(=S)Nc1cccc2c1CCO2)c1ccccc1.c1nc2c3c(ccc2s1)OCC3. The normalized spacial score (nSPS) is 13.1. The van der Waals surface area contributed by atoms with E-state index in [4.69, 9.17) is 79.8 Å². The van der Waals surface area contributed by atoms with Gasteiger partial charge in [-0.3, -0.25) is 29.7 Å². The van der Waals surface area contributed by atoms with Crippen molar-refractivity contribution in [2.75, 3.05) is 79.0 Å². The van der Waals surface area contributed by atoms with Crippen LogP contribution >= 0.6 is 118 Å². The van der Waals surface area contributed by atoms with E-state index in [2.05, 4.69) is 111 Å². The maximum Gasteiger partial charge on any atom is 0.257 e. The van der Waals surface area contributed by atoms with Crippen molar-refractivity contribution in [3.63, 3.8) is 0 Å². The Morgan fingerprint density at radius 1 is 0.448 bits per heavy atom. The zero-order valence-corrected chi connectivity index (χ0v) is 71.8. The third kappa shape index (κ3) is 20.2. The van der Waals surface area contributed by atoms with E-state index in [9.17, 15) is 14.4 Å². The Labute approximate surface area is 718 Å². The minimum atomic E-state index is -0.225. The van der Waals surface area contributed by atoms with Crippen LogP contribution in [0.3, 0.4) is 0 Å². The van der Waals surface area contributed by atoms with Gasteiger partial charge in [-0.1, -0.05) is 47.7 Å². The maximum absolute atomic E-state index is 12.0. The molecular weight excluding hydrogens is 1790 g/mol. The van der Waals surface area contributed by atoms with Crippen LogP contribution in [0.4, 0.5) is 33.6 Å². The molecule has 0 aliphatic carbocycles. The van der Waals surface area contributed by atoms with E-state index in [1.807, 2.05) is 114 Å². The van der Waals surface area contributed by atoms with E-state index in [1.54, 1.807) is 77.0 Å². The molecule has 8 aromatic carbocycles. The first kappa shape index (κ1) is 81.8. The fraction of sp³-hybridized carbons (Fsp3) is 0.193. The molecule has 0 unspecified atom stereocenters. The summed E-state index contributed by atoms with van der Waals surface area (Å²) in [7, 11) is 0. The Bertz CT molecular complexity index is 6010. The molecule has 0 saturated carbocycles. The fourth-order valence-electron chi connectivity index (χ4n) is 13.3. The van der Waals surface area contributed by atoms with Gasteiger partial charge < -0.3 is 71.6 Å². The topological polar surface area (TPSA) is 331 Å². The summed E-state index contributed by atoms with van der Waals surface area (Å²) in [5, 5.41) is 16.1. The Morgan fingerprint density at radius 3 is 1.53 bits per heavy atom. The average Bonchev–Trinajstić information content (AvgIpc) is 1.64. The quantitative estimate of drug-likeness (QED) is 0.0566. The molecule has 0 bridgehead atoms. The van der Waals surface area contributed by atoms with Gasteiger partial charge in [-0.05, 0) is 169 Å². The molecule has 33 heteroatoms. The van der Waals surface area contributed by atoms with Crippen molar-refractivity contribution in [2.24, 2.45) is 5.73 Å². The summed E-state index contributed by atoms with van der Waals surface area (Å²) < 4.78 is 45.9. The molecule has 0 atom stereocenters. The van der Waals surface area contributed by atoms with Crippen LogP contribution in [0.5, 0.6) is 40.2 Å². The van der Waals surface area contributed by atoms with Crippen LogP contribution in [0.15, 0.2) is 183 Å². The lowest BCUT2D eigenvalue weighted by Crippen LogP contribution is -2.34. The highest BCUT2D eigenvalue weighted by molar-refractivity contribution is 9.11. The van der Waals surface area contributed by atoms with Crippen LogP contribution in [0, 0.1) is 0 Å². The number of pyridine rings is 2. The zero-order chi connectivity index (χ0) is 80.8. The molecule has 21 rings (SSSR count). The van der Waals surface area contributed by atoms with Crippen LogP contribution in [0.1, 0.15) is 63.1 Å². The predicted octanol–water partition coefficient (Wildman–Crippen LogP) is 18.1. The number of anilines is 6. The van der Waals surface area contributed by atoms with Gasteiger partial charge in [0.2, 0.25) is 11.8 Å². The largest absolute Gasteiger partial charge is 0.493 e. The van der Waals surface area contributed by atoms with Crippen molar-refractivity contribution >= 4 is 220 Å². The summed E-state index contributed by atoms with van der Waals surface area (Å²) in [5.74, 6) is 6.21. The second-order valence-corrected chi connectivity index (χ2v) is 33.5. The molecule has 116 heavy (non-hydrogen) atoms. The van der Waals surface area contributed by atoms with Gasteiger partial charge >= 0.3 is 0 Å². The smallest absolute Gasteiger partial charge is 0.257 e. The van der Waals surface area contributed by atoms with E-state index in [-0.39, 0.29) is 22.8 Å². The van der Waals surface area contributed by atoms with Crippen molar-refractivity contribution in [1.82, 2.24) is 35.2 Å². The number of halogens is 3. The molecule has 0 fully saturated rings. The number of carbonyl (C=O) groups excluding carboxylic acids is 3. The lowest BCUT2D eigenvalue weighted by atomic mass is 10.1. The second kappa shape index (κ2) is 38.3. The Kier molecular flexibility index (Phi) is 27.0. The number of fused-ring (bicyclic) bond motifs is 15. The van der Waals surface area contributed by atoms with Gasteiger partial charge in [-0.2, -0.15) is 0 Å². The van der Waals surface area contributed by atoms with Crippen LogP contribution in [-0.2, 0) is 54.5 Å². The van der Waals surface area contributed by atoms with Gasteiger partial charge in [0.15, 0.2) is 15.4 Å². The van der Waals surface area contributed by atoms with Gasteiger partial charge in [0.25, 0.3) is 5.91 Å². The van der Waals surface area contributed by atoms with Crippen LogP contribution in [-0.4, -0.2) is 104 Å². The minimum Gasteiger partial charge on any atom is -0.493 e. The number of carbonyl (C=O) groups is 3. The summed E-state index contributed by atoms with van der Waals surface area (Å²) in [6.45, 7) is 8.20. The molecule has 11 N–H and O–H groups in total. The summed E-state index contributed by atoms with van der Waals surface area (Å²) >= 11 is 26.7. The molecule has 3 amide bonds. The van der Waals surface area contributed by atoms with Crippen molar-refractivity contribution in [2.45, 2.75) is 58.8 Å². The van der Waals surface area contributed by atoms with Crippen LogP contribution in [0.2, 0.25) is 0 Å². The molecule has 7 aliphatic heterocycles. The highest BCUT2D eigenvalue weighted by Crippen LogP contribution is 2.44. The molecular formula is C83H73Br3N14O10S6. The molecule has 0 radical (unpaired) electrons. The molecule has 14 aromatic rings. The van der Waals surface area contributed by atoms with Gasteiger partial charge in [0, 0.05) is 143 Å². The number of amides is 3. The number of thiazole rings is 4. The minimum absolute atomic E-state index is 0.0927. The number of rotatable bonds is 6. The lowest BCUT2D eigenvalue weighted by Gasteiger charge is -2.12. The maximum atomic E-state index is 12.0. The van der Waals surface area contributed by atoms with Crippen molar-refractivity contribution in [1.29, 1.82) is 0 Å². The van der Waals surface area contributed by atoms with Crippen molar-refractivity contribution < 1.29 is 47.5 Å². The van der Waals surface area contributed by atoms with Gasteiger partial charge in [-0.25, -0.2) is 19.9 Å². The number of nitrogen functional groups attached to an aromatic ring is 2. The number of hydrogen-bond donors (Lipinski definition) is 8. The first-order valence-electron chi connectivity index (χ1n) is 36.4. The standard InChI is InChI=1S/C16H13N3O2S.C16H14N2O2S.C9H7BrN2OS.C9H6BrNOS.C9H10N2OS.C9H7NOS.C8H9NO.C7H7BrN2O/c1-9(20)18-11-6-10(7-17-8-11)16-19-15-12-4-5-21-13(12)2-3-14(15)22-16;19-15(11-5-2-1-3-6-11)18-16(21)17-13-7-4-8-14-12(13)9-10-20-14;10-5-3-6-7(12-9(11)14-6)4-1-2-13-8(4)5;10-6-3-7-8(11-4-13-7)5-1-2-12-9(5)6;10-9(13)11-7-2-1-3-8-6(7)4-5-12-8;1-2-8-9(10-5-12-8)6-3-4-11-7(1)6;9-7-2-1-3-8-6(7)4-5-10-8;1-5(11)10-7-2-6(8)3-9-4-7/h2-3,6-8H,4-5H2,1H3,(H,18,20);1-8H,9-10H2,(H2,17,18,19,21);3H,1-2H2,(H2,11,12);3-4H,1-2H2;1-3H,4-5H2,(H3,10,11,13);1-2,5H,3-4H2;1-3H,4-5,9H2;2-4H,1H3,(H,10,11). The third-order valence-electron chi connectivity index (χ3n) is 18.3. The number of nitrogens with two attached hydrogens (primary N) is 3. The summed E-state index contributed by atoms with van der Waals surface area (Å²) in [4.78, 5) is 59.6. The Morgan fingerprint density at radius 2 is 0.931 bits per heavy atom. The summed E-state index contributed by atoms with van der Waals surface area (Å²) in [6.07, 6.45) is 13.2. The van der Waals surface area contributed by atoms with E-state index < -0.39 is 0 Å². The van der Waals surface area contributed by atoms with E-state index in [1.165, 1.54) is 62.4 Å².